The Hall–Kier alpha value is -3.30. The van der Waals surface area contributed by atoms with Crippen molar-refractivity contribution < 1.29 is 4.79 Å². The summed E-state index contributed by atoms with van der Waals surface area (Å²) in [6.45, 7) is 1.74. The van der Waals surface area contributed by atoms with Crippen molar-refractivity contribution in [2.45, 2.75) is 19.9 Å². The quantitative estimate of drug-likeness (QED) is 0.692. The van der Waals surface area contributed by atoms with E-state index >= 15 is 0 Å². The summed E-state index contributed by atoms with van der Waals surface area (Å²) in [5.41, 5.74) is 1.29. The Morgan fingerprint density at radius 3 is 2.72 bits per heavy atom. The number of fused-ring (bicyclic) bond motifs is 1. The first-order chi connectivity index (χ1) is 12.0. The average Bonchev–Trinajstić information content (AvgIpc) is 3.02. The van der Waals surface area contributed by atoms with Gasteiger partial charge in [0.05, 0.1) is 23.8 Å². The van der Waals surface area contributed by atoms with E-state index in [-0.39, 0.29) is 18.0 Å². The molecule has 0 fully saturated rings. The van der Waals surface area contributed by atoms with Crippen molar-refractivity contribution in [3.8, 4) is 0 Å². The van der Waals surface area contributed by atoms with Crippen LogP contribution in [0.1, 0.15) is 12.6 Å². The third-order valence-electron chi connectivity index (χ3n) is 3.54. The fraction of sp³-hybridized carbons (Fsp3) is 0.333. The molecule has 0 aliphatic rings. The molecule has 3 rings (SSSR count). The molecule has 0 saturated carbocycles. The van der Waals surface area contributed by atoms with Gasteiger partial charge in [0.1, 0.15) is 12.1 Å². The number of hydrogen-bond donors (Lipinski definition) is 1. The highest BCUT2D eigenvalue weighted by molar-refractivity contribution is 5.90. The van der Waals surface area contributed by atoms with Gasteiger partial charge >= 0.3 is 0 Å². The van der Waals surface area contributed by atoms with E-state index < -0.39 is 0 Å². The van der Waals surface area contributed by atoms with E-state index in [2.05, 4.69) is 25.7 Å². The van der Waals surface area contributed by atoms with Gasteiger partial charge in [-0.05, 0) is 18.6 Å². The molecule has 10 heteroatoms. The van der Waals surface area contributed by atoms with E-state index in [1.165, 1.54) is 16.9 Å². The van der Waals surface area contributed by atoms with E-state index in [4.69, 9.17) is 0 Å². The molecular weight excluding hydrogens is 324 g/mol. The van der Waals surface area contributed by atoms with E-state index in [9.17, 15) is 9.59 Å². The number of anilines is 2. The molecule has 0 spiro atoms. The number of aromatic nitrogens is 6. The van der Waals surface area contributed by atoms with Gasteiger partial charge in [0, 0.05) is 14.1 Å². The molecule has 0 saturated heterocycles. The summed E-state index contributed by atoms with van der Waals surface area (Å²) in [6.07, 6.45) is 3.59. The largest absolute Gasteiger partial charge is 0.346 e. The maximum Gasteiger partial charge on any atom is 0.293 e. The van der Waals surface area contributed by atoms with Gasteiger partial charge in [-0.2, -0.15) is 19.8 Å². The van der Waals surface area contributed by atoms with Crippen molar-refractivity contribution in [3.05, 3.63) is 40.6 Å². The summed E-state index contributed by atoms with van der Waals surface area (Å²) in [7, 11) is 3.60. The minimum Gasteiger partial charge on any atom is -0.346 e. The van der Waals surface area contributed by atoms with Crippen LogP contribution >= 0.6 is 0 Å². The van der Waals surface area contributed by atoms with Crippen LogP contribution in [0.4, 0.5) is 11.6 Å². The first-order valence-electron chi connectivity index (χ1n) is 7.73. The molecule has 25 heavy (non-hydrogen) atoms. The third-order valence-corrected chi connectivity index (χ3v) is 3.54. The van der Waals surface area contributed by atoms with Crippen LogP contribution in [0.15, 0.2) is 29.3 Å². The maximum atomic E-state index is 12.6. The number of aryl methyl sites for hydroxylation is 1. The first-order valence-corrected chi connectivity index (χ1v) is 7.73. The molecule has 0 aromatic carbocycles. The predicted molar refractivity (Wildman–Crippen MR) is 91.6 cm³/mol. The Morgan fingerprint density at radius 2 is 2.08 bits per heavy atom. The lowest BCUT2D eigenvalue weighted by Gasteiger charge is -2.14. The van der Waals surface area contributed by atoms with E-state index in [1.54, 1.807) is 31.1 Å². The molecule has 0 bridgehead atoms. The van der Waals surface area contributed by atoms with E-state index in [0.717, 1.165) is 10.4 Å². The number of rotatable bonds is 5. The second kappa shape index (κ2) is 6.67. The van der Waals surface area contributed by atoms with Crippen molar-refractivity contribution in [2.24, 2.45) is 0 Å². The Morgan fingerprint density at radius 1 is 1.28 bits per heavy atom. The summed E-state index contributed by atoms with van der Waals surface area (Å²) < 4.78 is 2.64. The van der Waals surface area contributed by atoms with Crippen LogP contribution in [0.3, 0.4) is 0 Å². The van der Waals surface area contributed by atoms with Crippen molar-refractivity contribution >= 4 is 23.1 Å². The smallest absolute Gasteiger partial charge is 0.293 e. The van der Waals surface area contributed by atoms with Crippen LogP contribution in [0.25, 0.3) is 5.52 Å². The highest BCUT2D eigenvalue weighted by Crippen LogP contribution is 2.10. The fourth-order valence-corrected chi connectivity index (χ4v) is 2.32. The number of carbonyl (C=O) groups excluding carboxylic acids is 1. The van der Waals surface area contributed by atoms with Gasteiger partial charge < -0.3 is 10.2 Å². The maximum absolute atomic E-state index is 12.6. The Balaban J connectivity index is 1.97. The highest BCUT2D eigenvalue weighted by Gasteiger charge is 2.16. The molecule has 0 radical (unpaired) electrons. The van der Waals surface area contributed by atoms with Crippen LogP contribution in [0, 0.1) is 0 Å². The van der Waals surface area contributed by atoms with Gasteiger partial charge in [-0.15, -0.1) is 5.10 Å². The highest BCUT2D eigenvalue weighted by atomic mass is 16.2. The van der Waals surface area contributed by atoms with Crippen molar-refractivity contribution in [2.75, 3.05) is 24.3 Å². The lowest BCUT2D eigenvalue weighted by Crippen LogP contribution is -2.33. The molecule has 3 heterocycles. The van der Waals surface area contributed by atoms with Crippen LogP contribution in [-0.2, 0) is 17.8 Å². The Kier molecular flexibility index (Phi) is 4.42. The average molecular weight is 342 g/mol. The lowest BCUT2D eigenvalue weighted by atomic mass is 10.3. The van der Waals surface area contributed by atoms with Crippen LogP contribution in [0.5, 0.6) is 0 Å². The molecule has 3 aromatic rings. The molecule has 130 valence electrons. The van der Waals surface area contributed by atoms with Gasteiger partial charge in [-0.3, -0.25) is 9.59 Å². The Bertz CT molecular complexity index is 961. The summed E-state index contributed by atoms with van der Waals surface area (Å²) in [5, 5.41) is 18.6. The van der Waals surface area contributed by atoms with Crippen LogP contribution < -0.4 is 15.8 Å². The molecule has 0 atom stereocenters. The molecular formula is C15H18N8O2. The molecule has 0 aliphatic carbocycles. The normalized spacial score (nSPS) is 10.8. The molecule has 1 amide bonds. The van der Waals surface area contributed by atoms with Crippen molar-refractivity contribution in [3.63, 3.8) is 0 Å². The summed E-state index contributed by atoms with van der Waals surface area (Å²) in [5.74, 6) is 0.0829. The SMILES string of the molecule is CCc1cc2c(=O)n(CC(=O)Nc3ccnnc3)nc(N(C)C)n2n1. The second-order valence-electron chi connectivity index (χ2n) is 5.62. The second-order valence-corrected chi connectivity index (χ2v) is 5.62. The number of carbonyl (C=O) groups is 1. The van der Waals surface area contributed by atoms with Gasteiger partial charge in [0.25, 0.3) is 5.56 Å². The zero-order valence-corrected chi connectivity index (χ0v) is 14.2. The molecule has 1 N–H and O–H groups in total. The fourth-order valence-electron chi connectivity index (χ4n) is 2.32. The van der Waals surface area contributed by atoms with Gasteiger partial charge in [-0.25, -0.2) is 4.68 Å². The Labute approximate surface area is 143 Å². The zero-order valence-electron chi connectivity index (χ0n) is 14.2. The molecule has 3 aromatic heterocycles. The third kappa shape index (κ3) is 3.32. The first kappa shape index (κ1) is 16.6. The van der Waals surface area contributed by atoms with Gasteiger partial charge in [-0.1, -0.05) is 6.92 Å². The molecule has 0 unspecified atom stereocenters. The zero-order chi connectivity index (χ0) is 18.0. The minimum absolute atomic E-state index is 0.217. The van der Waals surface area contributed by atoms with Crippen LogP contribution in [0.2, 0.25) is 0 Å². The van der Waals surface area contributed by atoms with Gasteiger partial charge in [0.15, 0.2) is 0 Å². The standard InChI is InChI=1S/C15H18N8O2/c1-4-10-7-12-14(25)22(20-15(21(2)3)23(12)19-10)9-13(24)18-11-5-6-16-17-8-11/h5-8H,4,9H2,1-3H3,(H,16,18,24). The topological polar surface area (TPSA) is 110 Å². The number of nitrogens with one attached hydrogen (secondary N) is 1. The minimum atomic E-state index is -0.383. The molecule has 0 aliphatic heterocycles. The number of hydrogen-bond acceptors (Lipinski definition) is 7. The van der Waals surface area contributed by atoms with E-state index in [0.29, 0.717) is 23.6 Å². The summed E-state index contributed by atoms with van der Waals surface area (Å²) in [4.78, 5) is 26.6. The lowest BCUT2D eigenvalue weighted by molar-refractivity contribution is -0.117. The predicted octanol–water partition coefficient (Wildman–Crippen LogP) is -0.0519. The van der Waals surface area contributed by atoms with Crippen molar-refractivity contribution in [1.82, 2.24) is 29.6 Å². The summed E-state index contributed by atoms with van der Waals surface area (Å²) >= 11 is 0. The van der Waals surface area contributed by atoms with Crippen LogP contribution in [-0.4, -0.2) is 49.6 Å². The monoisotopic (exact) mass is 342 g/mol. The summed E-state index contributed by atoms with van der Waals surface area (Å²) in [6, 6.07) is 3.33. The van der Waals surface area contributed by atoms with E-state index in [1.807, 2.05) is 6.92 Å². The number of nitrogens with zero attached hydrogens (tertiary/aromatic N) is 7. The van der Waals surface area contributed by atoms with Crippen molar-refractivity contribution in [1.29, 1.82) is 0 Å². The van der Waals surface area contributed by atoms with Gasteiger partial charge in [0.2, 0.25) is 11.9 Å². The number of amides is 1. The molecule has 10 nitrogen and oxygen atoms in total.